The van der Waals surface area contributed by atoms with Crippen LogP contribution >= 0.6 is 15.9 Å². The quantitative estimate of drug-likeness (QED) is 0.703. The Kier molecular flexibility index (Phi) is 5.16. The number of nitrogens with zero attached hydrogens (tertiary/aromatic N) is 1. The molecule has 0 radical (unpaired) electrons. The molecule has 0 bridgehead atoms. The van der Waals surface area contributed by atoms with E-state index in [2.05, 4.69) is 15.9 Å². The molecule has 1 N–H and O–H groups in total. The van der Waals surface area contributed by atoms with Crippen LogP contribution < -0.4 is 4.90 Å². The molecule has 0 fully saturated rings. The van der Waals surface area contributed by atoms with Crippen molar-refractivity contribution in [1.29, 1.82) is 0 Å². The van der Waals surface area contributed by atoms with Gasteiger partial charge in [-0.25, -0.2) is 0 Å². The molecule has 8 heteroatoms. The number of aliphatic hydroxyl groups is 1. The van der Waals surface area contributed by atoms with E-state index < -0.39 is 28.8 Å². The van der Waals surface area contributed by atoms with Crippen LogP contribution in [0.15, 0.2) is 53.0 Å². The van der Waals surface area contributed by atoms with Gasteiger partial charge in [-0.15, -0.1) is 0 Å². The second-order valence-corrected chi connectivity index (χ2v) is 6.65. The molecule has 136 valence electrons. The summed E-state index contributed by atoms with van der Waals surface area (Å²) < 4.78 is 68.3. The van der Waals surface area contributed by atoms with Crippen LogP contribution in [0.4, 0.5) is 27.6 Å². The maximum Gasteiger partial charge on any atom is 0.457 e. The molecule has 0 amide bonds. The van der Waals surface area contributed by atoms with Crippen molar-refractivity contribution < 1.29 is 27.1 Å². The van der Waals surface area contributed by atoms with Crippen molar-refractivity contribution in [3.63, 3.8) is 0 Å². The molecule has 1 atom stereocenters. The van der Waals surface area contributed by atoms with Crippen LogP contribution in [0.5, 0.6) is 0 Å². The third-order valence-electron chi connectivity index (χ3n) is 3.87. The number of anilines is 1. The summed E-state index contributed by atoms with van der Waals surface area (Å²) in [5.74, 6) is -5.40. The van der Waals surface area contributed by atoms with Gasteiger partial charge < -0.3 is 10.0 Å². The molecule has 0 aliphatic heterocycles. The molecule has 0 aromatic heterocycles. The van der Waals surface area contributed by atoms with E-state index in [1.54, 1.807) is 19.0 Å². The number of benzene rings is 2. The predicted octanol–water partition coefficient (Wildman–Crippen LogP) is 4.95. The van der Waals surface area contributed by atoms with Crippen molar-refractivity contribution >= 4 is 21.6 Å². The molecule has 2 aromatic rings. The fourth-order valence-corrected chi connectivity index (χ4v) is 2.69. The summed E-state index contributed by atoms with van der Waals surface area (Å²) in [6.45, 7) is 0. The Labute approximate surface area is 150 Å². The van der Waals surface area contributed by atoms with Gasteiger partial charge in [-0.05, 0) is 35.4 Å². The lowest BCUT2D eigenvalue weighted by Crippen LogP contribution is -2.55. The highest BCUT2D eigenvalue weighted by atomic mass is 79.9. The molecule has 0 saturated heterocycles. The summed E-state index contributed by atoms with van der Waals surface area (Å²) in [5.41, 5.74) is -4.08. The number of hydrogen-bond donors (Lipinski definition) is 1. The number of halogens is 6. The van der Waals surface area contributed by atoms with Gasteiger partial charge in [0.05, 0.1) is 0 Å². The lowest BCUT2D eigenvalue weighted by atomic mass is 9.80. The van der Waals surface area contributed by atoms with E-state index in [4.69, 9.17) is 0 Å². The van der Waals surface area contributed by atoms with Crippen molar-refractivity contribution in [3.8, 4) is 0 Å². The van der Waals surface area contributed by atoms with Gasteiger partial charge in [-0.2, -0.15) is 22.0 Å². The molecular formula is C17H15BrF5NO. The average molecular weight is 424 g/mol. The van der Waals surface area contributed by atoms with E-state index in [0.717, 1.165) is 24.3 Å². The molecule has 1 unspecified atom stereocenters. The van der Waals surface area contributed by atoms with E-state index in [1.165, 1.54) is 24.3 Å². The van der Waals surface area contributed by atoms with Crippen molar-refractivity contribution in [3.05, 3.63) is 64.1 Å². The van der Waals surface area contributed by atoms with Gasteiger partial charge in [0, 0.05) is 24.3 Å². The maximum atomic E-state index is 14.3. The SMILES string of the molecule is CN(C)c1ccc(C(O)(c2ccc(Br)cc2)C(F)(F)C(F)(F)F)cc1. The summed E-state index contributed by atoms with van der Waals surface area (Å²) in [7, 11) is 3.39. The molecule has 2 nitrogen and oxygen atoms in total. The minimum absolute atomic E-state index is 0.483. The first kappa shape index (κ1) is 19.7. The summed E-state index contributed by atoms with van der Waals surface area (Å²) >= 11 is 3.09. The number of alkyl halides is 5. The van der Waals surface area contributed by atoms with Crippen molar-refractivity contribution in [2.24, 2.45) is 0 Å². The number of rotatable bonds is 4. The molecule has 25 heavy (non-hydrogen) atoms. The standard InChI is InChI=1S/C17H15BrF5NO/c1-24(2)14-9-5-12(6-10-14)15(25,16(19,20)17(21,22)23)11-3-7-13(18)8-4-11/h3-10,25H,1-2H3. The van der Waals surface area contributed by atoms with E-state index in [9.17, 15) is 27.1 Å². The van der Waals surface area contributed by atoms with Gasteiger partial charge in [0.1, 0.15) is 0 Å². The Bertz CT molecular complexity index is 728. The third-order valence-corrected chi connectivity index (χ3v) is 4.40. The molecular weight excluding hydrogens is 409 g/mol. The topological polar surface area (TPSA) is 23.5 Å². The van der Waals surface area contributed by atoms with Gasteiger partial charge >= 0.3 is 12.1 Å². The Balaban J connectivity index is 2.70. The molecule has 2 rings (SSSR count). The largest absolute Gasteiger partial charge is 0.457 e. The highest BCUT2D eigenvalue weighted by Gasteiger charge is 2.71. The first-order valence-corrected chi connectivity index (χ1v) is 7.91. The Morgan fingerprint density at radius 2 is 1.20 bits per heavy atom. The minimum atomic E-state index is -5.94. The van der Waals surface area contributed by atoms with Gasteiger partial charge in [-0.1, -0.05) is 40.2 Å². The summed E-state index contributed by atoms with van der Waals surface area (Å²) in [5, 5.41) is 10.6. The lowest BCUT2D eigenvalue weighted by molar-refractivity contribution is -0.336. The third kappa shape index (κ3) is 3.37. The zero-order valence-corrected chi connectivity index (χ0v) is 14.9. The van der Waals surface area contributed by atoms with Gasteiger partial charge in [0.15, 0.2) is 5.60 Å². The zero-order valence-electron chi connectivity index (χ0n) is 13.3. The number of hydrogen-bond acceptors (Lipinski definition) is 2. The average Bonchev–Trinajstić information content (AvgIpc) is 2.53. The van der Waals surface area contributed by atoms with Gasteiger partial charge in [0.2, 0.25) is 0 Å². The van der Waals surface area contributed by atoms with E-state index >= 15 is 0 Å². The normalized spacial score (nSPS) is 14.9. The van der Waals surface area contributed by atoms with Crippen LogP contribution in [0, 0.1) is 0 Å². The van der Waals surface area contributed by atoms with Crippen molar-refractivity contribution in [2.45, 2.75) is 17.7 Å². The predicted molar refractivity (Wildman–Crippen MR) is 88.9 cm³/mol. The zero-order chi connectivity index (χ0) is 19.0. The van der Waals surface area contributed by atoms with Crippen LogP contribution in [0.3, 0.4) is 0 Å². The summed E-state index contributed by atoms with van der Waals surface area (Å²) in [6.07, 6.45) is -5.94. The van der Waals surface area contributed by atoms with E-state index in [1.807, 2.05) is 0 Å². The molecule has 0 spiro atoms. The monoisotopic (exact) mass is 423 g/mol. The van der Waals surface area contributed by atoms with Crippen LogP contribution in [-0.4, -0.2) is 31.3 Å². The Morgan fingerprint density at radius 3 is 1.56 bits per heavy atom. The maximum absolute atomic E-state index is 14.3. The first-order chi connectivity index (χ1) is 11.4. The summed E-state index contributed by atoms with van der Waals surface area (Å²) in [6, 6.07) is 9.51. The molecule has 2 aromatic carbocycles. The van der Waals surface area contributed by atoms with Crippen molar-refractivity contribution in [2.75, 3.05) is 19.0 Å². The van der Waals surface area contributed by atoms with Crippen LogP contribution in [-0.2, 0) is 5.60 Å². The van der Waals surface area contributed by atoms with E-state index in [0.29, 0.717) is 10.2 Å². The van der Waals surface area contributed by atoms with Crippen LogP contribution in [0.1, 0.15) is 11.1 Å². The molecule has 0 saturated carbocycles. The second kappa shape index (κ2) is 6.57. The fraction of sp³-hybridized carbons (Fsp3) is 0.294. The highest BCUT2D eigenvalue weighted by molar-refractivity contribution is 9.10. The van der Waals surface area contributed by atoms with Crippen molar-refractivity contribution in [1.82, 2.24) is 0 Å². The fourth-order valence-electron chi connectivity index (χ4n) is 2.43. The summed E-state index contributed by atoms with van der Waals surface area (Å²) in [4.78, 5) is 1.66. The Hall–Kier alpha value is -1.67. The van der Waals surface area contributed by atoms with Crippen LogP contribution in [0.2, 0.25) is 0 Å². The van der Waals surface area contributed by atoms with E-state index in [-0.39, 0.29) is 0 Å². The molecule has 0 aliphatic rings. The first-order valence-electron chi connectivity index (χ1n) is 7.12. The molecule has 0 heterocycles. The Morgan fingerprint density at radius 1 is 0.800 bits per heavy atom. The molecule has 0 aliphatic carbocycles. The lowest BCUT2D eigenvalue weighted by Gasteiger charge is -2.37. The van der Waals surface area contributed by atoms with Gasteiger partial charge in [-0.3, -0.25) is 0 Å². The smallest absolute Gasteiger partial charge is 0.378 e. The van der Waals surface area contributed by atoms with Crippen LogP contribution in [0.25, 0.3) is 0 Å². The highest BCUT2D eigenvalue weighted by Crippen LogP contribution is 2.51. The minimum Gasteiger partial charge on any atom is -0.378 e. The second-order valence-electron chi connectivity index (χ2n) is 5.73. The van der Waals surface area contributed by atoms with Gasteiger partial charge in [0.25, 0.3) is 0 Å².